The van der Waals surface area contributed by atoms with Gasteiger partial charge in [-0.2, -0.15) is 0 Å². The number of oxime groups is 1. The summed E-state index contributed by atoms with van der Waals surface area (Å²) in [6.45, 7) is 0.868. The van der Waals surface area contributed by atoms with Gasteiger partial charge in [0.05, 0.1) is 12.7 Å². The summed E-state index contributed by atoms with van der Waals surface area (Å²) < 4.78 is 5.60. The molecule has 1 saturated carbocycles. The number of carboxylic acid groups (broad SMARTS) is 1. The number of amides is 1. The molecule has 0 aromatic heterocycles. The summed E-state index contributed by atoms with van der Waals surface area (Å²) in [5.74, 6) is -1.50. The van der Waals surface area contributed by atoms with Gasteiger partial charge in [0.1, 0.15) is 0 Å². The lowest BCUT2D eigenvalue weighted by atomic mass is 10.2. The van der Waals surface area contributed by atoms with Crippen LogP contribution in [0.1, 0.15) is 32.1 Å². The van der Waals surface area contributed by atoms with Gasteiger partial charge >= 0.3 is 5.97 Å². The first-order chi connectivity index (χ1) is 9.16. The van der Waals surface area contributed by atoms with E-state index in [4.69, 9.17) is 14.7 Å². The number of carbonyl (C=O) groups is 2. The van der Waals surface area contributed by atoms with Crippen molar-refractivity contribution in [2.24, 2.45) is 5.16 Å². The highest BCUT2D eigenvalue weighted by atomic mass is 16.6. The summed E-state index contributed by atoms with van der Waals surface area (Å²) in [5.41, 5.74) is -0.123. The van der Waals surface area contributed by atoms with Crippen LogP contribution >= 0.6 is 0 Å². The minimum Gasteiger partial charge on any atom is -0.477 e. The monoisotopic (exact) mass is 270 g/mol. The molecule has 0 spiro atoms. The summed E-state index contributed by atoms with van der Waals surface area (Å²) in [4.78, 5) is 27.0. The zero-order valence-corrected chi connectivity index (χ0v) is 10.6. The van der Waals surface area contributed by atoms with Gasteiger partial charge in [-0.1, -0.05) is 18.0 Å². The molecule has 19 heavy (non-hydrogen) atoms. The van der Waals surface area contributed by atoms with Gasteiger partial charge in [0.25, 0.3) is 5.91 Å². The van der Waals surface area contributed by atoms with E-state index in [1.54, 1.807) is 0 Å². The Morgan fingerprint density at radius 1 is 1.42 bits per heavy atom. The first-order valence-electron chi connectivity index (χ1n) is 6.52. The van der Waals surface area contributed by atoms with Gasteiger partial charge in [-0.05, 0) is 12.8 Å². The fourth-order valence-electron chi connectivity index (χ4n) is 2.21. The zero-order chi connectivity index (χ0) is 13.7. The maximum atomic E-state index is 11.7. The number of hydrogen-bond acceptors (Lipinski definition) is 5. The van der Waals surface area contributed by atoms with Crippen LogP contribution in [-0.4, -0.2) is 48.1 Å². The van der Waals surface area contributed by atoms with Gasteiger partial charge in [-0.15, -0.1) is 0 Å². The molecule has 2 rings (SSSR count). The molecule has 0 saturated heterocycles. The predicted octanol–water partition coefficient (Wildman–Crippen LogP) is 0.291. The number of carboxylic acids is 1. The van der Waals surface area contributed by atoms with E-state index >= 15 is 0 Å². The number of aliphatic carboxylic acids is 1. The van der Waals surface area contributed by atoms with Gasteiger partial charge in [0.2, 0.25) is 6.10 Å². The Kier molecular flexibility index (Phi) is 4.73. The van der Waals surface area contributed by atoms with E-state index in [0.717, 1.165) is 12.8 Å². The SMILES string of the molecule is O=C(O)C1=NOC(C(=O)NCCOC2CCCC2)C1. The average molecular weight is 270 g/mol. The Balaban J connectivity index is 1.59. The lowest BCUT2D eigenvalue weighted by Gasteiger charge is -2.12. The summed E-state index contributed by atoms with van der Waals surface area (Å²) in [6, 6.07) is 0. The van der Waals surface area contributed by atoms with Crippen LogP contribution in [0.5, 0.6) is 0 Å². The standard InChI is InChI=1S/C12H18N2O5/c15-11(10-7-9(12(16)17)14-19-10)13-5-6-18-8-3-1-2-4-8/h8,10H,1-7H2,(H,13,15)(H,16,17). The second-order valence-electron chi connectivity index (χ2n) is 4.71. The quantitative estimate of drug-likeness (QED) is 0.676. The van der Waals surface area contributed by atoms with E-state index in [0.29, 0.717) is 19.3 Å². The lowest BCUT2D eigenvalue weighted by molar-refractivity contribution is -0.131. The third-order valence-electron chi connectivity index (χ3n) is 3.27. The summed E-state index contributed by atoms with van der Waals surface area (Å²) in [5, 5.41) is 14.7. The molecule has 2 N–H and O–H groups in total. The van der Waals surface area contributed by atoms with E-state index in [1.165, 1.54) is 12.8 Å². The number of nitrogens with zero attached hydrogens (tertiary/aromatic N) is 1. The van der Waals surface area contributed by atoms with E-state index in [2.05, 4.69) is 10.5 Å². The number of nitrogens with one attached hydrogen (secondary N) is 1. The first-order valence-corrected chi connectivity index (χ1v) is 6.52. The van der Waals surface area contributed by atoms with E-state index < -0.39 is 12.1 Å². The summed E-state index contributed by atoms with van der Waals surface area (Å²) in [6.07, 6.45) is 4.10. The number of hydrogen-bond donors (Lipinski definition) is 2. The van der Waals surface area contributed by atoms with Gasteiger partial charge in [0.15, 0.2) is 5.71 Å². The fourth-order valence-corrected chi connectivity index (χ4v) is 2.21. The van der Waals surface area contributed by atoms with Crippen LogP contribution in [0.3, 0.4) is 0 Å². The molecule has 2 aliphatic rings. The first kappa shape index (κ1) is 13.8. The van der Waals surface area contributed by atoms with E-state index in [1.807, 2.05) is 0 Å². The average Bonchev–Trinajstić information content (AvgIpc) is 3.05. The van der Waals surface area contributed by atoms with Gasteiger partial charge in [-0.25, -0.2) is 4.79 Å². The highest BCUT2D eigenvalue weighted by Crippen LogP contribution is 2.20. The van der Waals surface area contributed by atoms with Crippen LogP contribution in [0.4, 0.5) is 0 Å². The third-order valence-corrected chi connectivity index (χ3v) is 3.27. The van der Waals surface area contributed by atoms with Crippen molar-refractivity contribution in [1.29, 1.82) is 0 Å². The molecule has 1 atom stereocenters. The van der Waals surface area contributed by atoms with Crippen LogP contribution in [0, 0.1) is 0 Å². The molecule has 1 unspecified atom stereocenters. The molecule has 106 valence electrons. The topological polar surface area (TPSA) is 97.2 Å². The van der Waals surface area contributed by atoms with Crippen LogP contribution in [0.25, 0.3) is 0 Å². The molecular formula is C12H18N2O5. The van der Waals surface area contributed by atoms with Crippen molar-refractivity contribution in [3.05, 3.63) is 0 Å². The van der Waals surface area contributed by atoms with Crippen LogP contribution in [0.2, 0.25) is 0 Å². The van der Waals surface area contributed by atoms with E-state index in [9.17, 15) is 9.59 Å². The van der Waals surface area contributed by atoms with Crippen molar-refractivity contribution in [3.8, 4) is 0 Å². The molecule has 7 heteroatoms. The Bertz CT molecular complexity index is 376. The molecule has 1 amide bonds. The van der Waals surface area contributed by atoms with Crippen LogP contribution < -0.4 is 5.32 Å². The number of ether oxygens (including phenoxy) is 1. The Labute approximate surface area is 110 Å². The van der Waals surface area contributed by atoms with Crippen molar-refractivity contribution in [2.75, 3.05) is 13.2 Å². The van der Waals surface area contributed by atoms with Crippen LogP contribution in [0.15, 0.2) is 5.16 Å². The highest BCUT2D eigenvalue weighted by Gasteiger charge is 2.31. The second-order valence-corrected chi connectivity index (χ2v) is 4.71. The normalized spacial score (nSPS) is 22.9. The zero-order valence-electron chi connectivity index (χ0n) is 10.6. The number of carbonyl (C=O) groups excluding carboxylic acids is 1. The van der Waals surface area contributed by atoms with Crippen molar-refractivity contribution < 1.29 is 24.3 Å². The molecule has 0 aromatic rings. The maximum Gasteiger partial charge on any atom is 0.353 e. The molecule has 0 bridgehead atoms. The van der Waals surface area contributed by atoms with Crippen molar-refractivity contribution in [2.45, 2.75) is 44.3 Å². The molecule has 7 nitrogen and oxygen atoms in total. The highest BCUT2D eigenvalue weighted by molar-refractivity contribution is 6.36. The third kappa shape index (κ3) is 3.92. The van der Waals surface area contributed by atoms with E-state index in [-0.39, 0.29) is 18.0 Å². The molecule has 0 radical (unpaired) electrons. The predicted molar refractivity (Wildman–Crippen MR) is 65.8 cm³/mol. The Hall–Kier alpha value is -1.63. The van der Waals surface area contributed by atoms with Gasteiger partial charge < -0.3 is 20.0 Å². The van der Waals surface area contributed by atoms with Crippen LogP contribution in [-0.2, 0) is 19.2 Å². The largest absolute Gasteiger partial charge is 0.477 e. The Morgan fingerprint density at radius 2 is 2.16 bits per heavy atom. The summed E-state index contributed by atoms with van der Waals surface area (Å²) >= 11 is 0. The minimum absolute atomic E-state index is 0.00461. The second kappa shape index (κ2) is 6.51. The molecule has 1 heterocycles. The maximum absolute atomic E-state index is 11.7. The molecular weight excluding hydrogens is 252 g/mol. The van der Waals surface area contributed by atoms with Gasteiger partial charge in [-0.3, -0.25) is 4.79 Å². The van der Waals surface area contributed by atoms with Crippen molar-refractivity contribution >= 4 is 17.6 Å². The Morgan fingerprint density at radius 3 is 2.79 bits per heavy atom. The van der Waals surface area contributed by atoms with Crippen molar-refractivity contribution in [1.82, 2.24) is 5.32 Å². The molecule has 1 aliphatic heterocycles. The molecule has 0 aromatic carbocycles. The fraction of sp³-hybridized carbons (Fsp3) is 0.750. The molecule has 1 aliphatic carbocycles. The van der Waals surface area contributed by atoms with Gasteiger partial charge in [0, 0.05) is 13.0 Å². The minimum atomic E-state index is -1.15. The smallest absolute Gasteiger partial charge is 0.353 e. The lowest BCUT2D eigenvalue weighted by Crippen LogP contribution is -2.37. The summed E-state index contributed by atoms with van der Waals surface area (Å²) in [7, 11) is 0. The van der Waals surface area contributed by atoms with Crippen molar-refractivity contribution in [3.63, 3.8) is 0 Å². The molecule has 1 fully saturated rings. The number of rotatable bonds is 6.